The van der Waals surface area contributed by atoms with Crippen LogP contribution in [-0.2, 0) is 16.0 Å². The monoisotopic (exact) mass is 369 g/mol. The summed E-state index contributed by atoms with van der Waals surface area (Å²) in [6.45, 7) is 2.28. The van der Waals surface area contributed by atoms with Gasteiger partial charge in [0.15, 0.2) is 11.5 Å². The Kier molecular flexibility index (Phi) is 8.68. The summed E-state index contributed by atoms with van der Waals surface area (Å²) >= 11 is 0. The number of carbonyl (C=O) groups is 2. The van der Waals surface area contributed by atoms with Gasteiger partial charge in [-0.1, -0.05) is 0 Å². The highest BCUT2D eigenvalue weighted by atomic mass is 16.6. The van der Waals surface area contributed by atoms with Crippen molar-refractivity contribution in [2.24, 2.45) is 0 Å². The SMILES string of the molecule is CCOC(=O)NCCC(=O)NCCc1cc(OC)c(OC)cc1[N+](=O)[O-]. The van der Waals surface area contributed by atoms with Crippen LogP contribution in [0.4, 0.5) is 10.5 Å². The van der Waals surface area contributed by atoms with Gasteiger partial charge in [-0.25, -0.2) is 4.79 Å². The van der Waals surface area contributed by atoms with Crippen LogP contribution in [0, 0.1) is 10.1 Å². The molecular weight excluding hydrogens is 346 g/mol. The number of nitrogens with one attached hydrogen (secondary N) is 2. The zero-order valence-corrected chi connectivity index (χ0v) is 15.0. The van der Waals surface area contributed by atoms with Gasteiger partial charge in [-0.3, -0.25) is 14.9 Å². The van der Waals surface area contributed by atoms with Crippen LogP contribution >= 0.6 is 0 Å². The number of hydrogen-bond acceptors (Lipinski definition) is 7. The average Bonchev–Trinajstić information content (AvgIpc) is 2.61. The molecule has 1 rings (SSSR count). The maximum Gasteiger partial charge on any atom is 0.407 e. The van der Waals surface area contributed by atoms with E-state index in [0.29, 0.717) is 11.3 Å². The molecule has 0 saturated heterocycles. The number of ether oxygens (including phenoxy) is 3. The molecule has 1 aromatic rings. The number of nitro benzene ring substituents is 1. The Morgan fingerprint density at radius 3 is 2.35 bits per heavy atom. The predicted molar refractivity (Wildman–Crippen MR) is 92.6 cm³/mol. The van der Waals surface area contributed by atoms with Gasteiger partial charge in [-0.2, -0.15) is 0 Å². The topological polar surface area (TPSA) is 129 Å². The molecule has 0 bridgehead atoms. The van der Waals surface area contributed by atoms with Crippen molar-refractivity contribution in [3.63, 3.8) is 0 Å². The van der Waals surface area contributed by atoms with Gasteiger partial charge in [0.1, 0.15) is 0 Å². The van der Waals surface area contributed by atoms with Crippen LogP contribution in [0.25, 0.3) is 0 Å². The molecule has 0 atom stereocenters. The molecule has 0 aliphatic carbocycles. The largest absolute Gasteiger partial charge is 0.493 e. The number of hydrogen-bond donors (Lipinski definition) is 2. The molecule has 0 spiro atoms. The minimum atomic E-state index is -0.582. The molecule has 2 amide bonds. The second-order valence-corrected chi connectivity index (χ2v) is 5.09. The van der Waals surface area contributed by atoms with Crippen LogP contribution in [0.2, 0.25) is 0 Å². The standard InChI is InChI=1S/C16H23N3O7/c1-4-26-16(21)18-8-6-15(20)17-7-5-11-9-13(24-2)14(25-3)10-12(11)19(22)23/h9-10H,4-8H2,1-3H3,(H,17,20)(H,18,21). The first-order valence-corrected chi connectivity index (χ1v) is 7.99. The Morgan fingerprint density at radius 1 is 1.12 bits per heavy atom. The van der Waals surface area contributed by atoms with Crippen molar-refractivity contribution in [3.8, 4) is 11.5 Å². The lowest BCUT2D eigenvalue weighted by molar-refractivity contribution is -0.385. The molecule has 2 N–H and O–H groups in total. The number of amides is 2. The molecule has 10 nitrogen and oxygen atoms in total. The normalized spacial score (nSPS) is 9.96. The summed E-state index contributed by atoms with van der Waals surface area (Å²) in [5.74, 6) is 0.347. The number of methoxy groups -OCH3 is 2. The zero-order chi connectivity index (χ0) is 19.5. The Morgan fingerprint density at radius 2 is 1.77 bits per heavy atom. The second kappa shape index (κ2) is 10.7. The van der Waals surface area contributed by atoms with Gasteiger partial charge in [-0.15, -0.1) is 0 Å². The van der Waals surface area contributed by atoms with Gasteiger partial charge >= 0.3 is 6.09 Å². The van der Waals surface area contributed by atoms with E-state index >= 15 is 0 Å². The van der Waals surface area contributed by atoms with Gasteiger partial charge in [-0.05, 0) is 19.4 Å². The lowest BCUT2D eigenvalue weighted by atomic mass is 10.1. The van der Waals surface area contributed by atoms with Crippen molar-refractivity contribution in [1.29, 1.82) is 0 Å². The van der Waals surface area contributed by atoms with E-state index in [1.165, 1.54) is 26.4 Å². The number of rotatable bonds is 10. The van der Waals surface area contributed by atoms with Crippen molar-refractivity contribution in [3.05, 3.63) is 27.8 Å². The Hall–Kier alpha value is -3.04. The van der Waals surface area contributed by atoms with E-state index in [9.17, 15) is 19.7 Å². The van der Waals surface area contributed by atoms with Crippen LogP contribution < -0.4 is 20.1 Å². The van der Waals surface area contributed by atoms with Crippen molar-refractivity contribution in [2.45, 2.75) is 19.8 Å². The lowest BCUT2D eigenvalue weighted by Crippen LogP contribution is -2.32. The van der Waals surface area contributed by atoms with Gasteiger partial charge in [0, 0.05) is 25.1 Å². The summed E-state index contributed by atoms with van der Waals surface area (Å²) in [6.07, 6.45) is -0.262. The fourth-order valence-corrected chi connectivity index (χ4v) is 2.17. The van der Waals surface area contributed by atoms with Crippen LogP contribution in [0.1, 0.15) is 18.9 Å². The van der Waals surface area contributed by atoms with Gasteiger partial charge in [0.25, 0.3) is 5.69 Å². The summed E-state index contributed by atoms with van der Waals surface area (Å²) in [6, 6.07) is 2.81. The van der Waals surface area contributed by atoms with E-state index in [1.807, 2.05) is 0 Å². The van der Waals surface area contributed by atoms with E-state index in [2.05, 4.69) is 15.4 Å². The second-order valence-electron chi connectivity index (χ2n) is 5.09. The third-order valence-corrected chi connectivity index (χ3v) is 3.39. The molecule has 0 radical (unpaired) electrons. The van der Waals surface area contributed by atoms with Crippen molar-refractivity contribution in [1.82, 2.24) is 10.6 Å². The first kappa shape index (κ1) is 21.0. The Bertz CT molecular complexity index is 649. The average molecular weight is 369 g/mol. The number of benzene rings is 1. The van der Waals surface area contributed by atoms with E-state index in [1.54, 1.807) is 6.92 Å². The third-order valence-electron chi connectivity index (χ3n) is 3.39. The van der Waals surface area contributed by atoms with Crippen LogP contribution in [0.15, 0.2) is 12.1 Å². The number of nitrogens with zero attached hydrogens (tertiary/aromatic N) is 1. The summed E-state index contributed by atoms with van der Waals surface area (Å²) in [7, 11) is 2.83. The summed E-state index contributed by atoms with van der Waals surface area (Å²) in [5.41, 5.74) is 0.304. The van der Waals surface area contributed by atoms with Gasteiger partial charge in [0.2, 0.25) is 5.91 Å². The first-order chi connectivity index (χ1) is 12.4. The Labute approximate surface area is 150 Å². The molecule has 1 aromatic carbocycles. The van der Waals surface area contributed by atoms with Crippen LogP contribution in [0.5, 0.6) is 11.5 Å². The minimum absolute atomic E-state index is 0.0762. The Balaban J connectivity index is 2.57. The van der Waals surface area contributed by atoms with E-state index in [4.69, 9.17) is 9.47 Å². The fourth-order valence-electron chi connectivity index (χ4n) is 2.17. The molecule has 144 valence electrons. The highest BCUT2D eigenvalue weighted by Gasteiger charge is 2.19. The molecule has 0 unspecified atom stereocenters. The molecule has 0 aromatic heterocycles. The zero-order valence-electron chi connectivity index (χ0n) is 15.0. The molecule has 0 saturated carbocycles. The molecule has 0 heterocycles. The van der Waals surface area contributed by atoms with E-state index < -0.39 is 11.0 Å². The maximum absolute atomic E-state index is 11.7. The lowest BCUT2D eigenvalue weighted by Gasteiger charge is -2.11. The molecule has 10 heteroatoms. The van der Waals surface area contributed by atoms with Gasteiger partial charge in [0.05, 0.1) is 31.8 Å². The van der Waals surface area contributed by atoms with Crippen molar-refractivity contribution >= 4 is 17.7 Å². The van der Waals surface area contributed by atoms with E-state index in [0.717, 1.165) is 0 Å². The van der Waals surface area contributed by atoms with Crippen LogP contribution in [0.3, 0.4) is 0 Å². The van der Waals surface area contributed by atoms with Crippen LogP contribution in [-0.4, -0.2) is 50.8 Å². The molecule has 26 heavy (non-hydrogen) atoms. The number of nitro groups is 1. The summed E-state index contributed by atoms with van der Waals surface area (Å²) in [4.78, 5) is 33.5. The fraction of sp³-hybridized carbons (Fsp3) is 0.500. The molecular formula is C16H23N3O7. The molecule has 0 fully saturated rings. The van der Waals surface area contributed by atoms with Crippen molar-refractivity contribution < 1.29 is 28.7 Å². The highest BCUT2D eigenvalue weighted by Crippen LogP contribution is 2.34. The molecule has 0 aliphatic rings. The minimum Gasteiger partial charge on any atom is -0.493 e. The first-order valence-electron chi connectivity index (χ1n) is 7.99. The highest BCUT2D eigenvalue weighted by molar-refractivity contribution is 5.77. The number of carbonyl (C=O) groups excluding carboxylic acids is 2. The third kappa shape index (κ3) is 6.46. The summed E-state index contributed by atoms with van der Waals surface area (Å²) < 4.78 is 14.9. The van der Waals surface area contributed by atoms with Gasteiger partial charge < -0.3 is 24.8 Å². The van der Waals surface area contributed by atoms with E-state index in [-0.39, 0.29) is 49.9 Å². The summed E-state index contributed by atoms with van der Waals surface area (Å²) in [5, 5.41) is 16.3. The maximum atomic E-state index is 11.7. The predicted octanol–water partition coefficient (Wildman–Crippen LogP) is 1.41. The molecule has 0 aliphatic heterocycles. The van der Waals surface area contributed by atoms with Crippen molar-refractivity contribution in [2.75, 3.05) is 33.9 Å². The smallest absolute Gasteiger partial charge is 0.407 e. The number of alkyl carbamates (subject to hydrolysis) is 1. The quantitative estimate of drug-likeness (QED) is 0.471.